The van der Waals surface area contributed by atoms with Crippen molar-refractivity contribution >= 4 is 5.91 Å². The summed E-state index contributed by atoms with van der Waals surface area (Å²) in [5, 5.41) is 8.18. The van der Waals surface area contributed by atoms with E-state index in [0.717, 1.165) is 24.3 Å². The number of rotatable bonds is 6. The van der Waals surface area contributed by atoms with Crippen molar-refractivity contribution in [1.82, 2.24) is 19.9 Å². The summed E-state index contributed by atoms with van der Waals surface area (Å²) in [6, 6.07) is 13.6. The molecule has 0 unspecified atom stereocenters. The van der Waals surface area contributed by atoms with E-state index in [1.807, 2.05) is 31.2 Å². The maximum Gasteiger partial charge on any atom is 0.276 e. The molecule has 0 saturated carbocycles. The van der Waals surface area contributed by atoms with Crippen LogP contribution in [0, 0.1) is 12.7 Å². The highest BCUT2D eigenvalue weighted by Crippen LogP contribution is 2.29. The zero-order valence-electron chi connectivity index (χ0n) is 17.6. The monoisotopic (exact) mass is 424 g/mol. The van der Waals surface area contributed by atoms with Gasteiger partial charge < -0.3 is 14.4 Å². The second kappa shape index (κ2) is 9.16. The number of aromatic nitrogens is 3. The second-order valence-corrected chi connectivity index (χ2v) is 7.40. The Hall–Kier alpha value is -3.42. The molecule has 1 saturated heterocycles. The largest absolute Gasteiger partial charge is 0.490 e. The molecule has 2 aromatic carbocycles. The van der Waals surface area contributed by atoms with E-state index in [9.17, 15) is 9.18 Å². The van der Waals surface area contributed by atoms with Crippen LogP contribution in [0.2, 0.25) is 0 Å². The Morgan fingerprint density at radius 1 is 1.10 bits per heavy atom. The van der Waals surface area contributed by atoms with Gasteiger partial charge in [-0.05, 0) is 50.2 Å². The number of hydrogen-bond donors (Lipinski definition) is 0. The molecule has 0 atom stereocenters. The number of benzene rings is 2. The molecule has 1 aliphatic rings. The van der Waals surface area contributed by atoms with Gasteiger partial charge in [0.25, 0.3) is 5.91 Å². The van der Waals surface area contributed by atoms with Crippen LogP contribution in [-0.4, -0.2) is 51.6 Å². The summed E-state index contributed by atoms with van der Waals surface area (Å²) in [5.41, 5.74) is 1.59. The molecule has 162 valence electrons. The van der Waals surface area contributed by atoms with E-state index >= 15 is 0 Å². The number of amides is 1. The predicted molar refractivity (Wildman–Crippen MR) is 113 cm³/mol. The highest BCUT2D eigenvalue weighted by Gasteiger charge is 2.28. The van der Waals surface area contributed by atoms with Crippen LogP contribution in [0.25, 0.3) is 5.69 Å². The lowest BCUT2D eigenvalue weighted by molar-refractivity contribution is 0.0583. The zero-order valence-corrected chi connectivity index (χ0v) is 17.6. The molecule has 0 aliphatic carbocycles. The van der Waals surface area contributed by atoms with Gasteiger partial charge in [0.05, 0.1) is 18.0 Å². The van der Waals surface area contributed by atoms with Crippen molar-refractivity contribution < 1.29 is 18.7 Å². The van der Waals surface area contributed by atoms with Crippen LogP contribution < -0.4 is 9.47 Å². The molecular weight excluding hydrogens is 399 g/mol. The Labute approximate surface area is 180 Å². The molecule has 1 aromatic heterocycles. The Bertz CT molecular complexity index is 1040. The summed E-state index contributed by atoms with van der Waals surface area (Å²) >= 11 is 0. The number of carbonyl (C=O) groups excluding carboxylic acids is 1. The molecule has 1 aliphatic heterocycles. The second-order valence-electron chi connectivity index (χ2n) is 7.40. The van der Waals surface area contributed by atoms with Crippen molar-refractivity contribution in [2.24, 2.45) is 0 Å². The van der Waals surface area contributed by atoms with E-state index in [1.165, 1.54) is 12.1 Å². The van der Waals surface area contributed by atoms with Crippen LogP contribution in [0.5, 0.6) is 11.5 Å². The minimum atomic E-state index is -0.327. The molecule has 8 heteroatoms. The molecule has 1 fully saturated rings. The number of halogens is 1. The van der Waals surface area contributed by atoms with Crippen molar-refractivity contribution in [2.45, 2.75) is 32.8 Å². The van der Waals surface area contributed by atoms with Crippen LogP contribution in [0.1, 0.15) is 35.9 Å². The molecule has 0 bridgehead atoms. The SMILES string of the molecule is CCOc1ccccc1OC1CCN(C(=O)c2nnn(-c3ccc(F)cc3)c2C)CC1. The minimum Gasteiger partial charge on any atom is -0.490 e. The van der Waals surface area contributed by atoms with E-state index in [2.05, 4.69) is 10.3 Å². The topological polar surface area (TPSA) is 69.5 Å². The number of likely N-dealkylation sites (tertiary alicyclic amines) is 1. The Balaban J connectivity index is 1.39. The van der Waals surface area contributed by atoms with Crippen LogP contribution in [0.4, 0.5) is 4.39 Å². The molecule has 0 radical (unpaired) electrons. The third kappa shape index (κ3) is 4.52. The standard InChI is InChI=1S/C23H25FN4O3/c1-3-30-20-6-4-5-7-21(20)31-19-12-14-27(15-13-19)23(29)22-16(2)28(26-25-22)18-10-8-17(24)9-11-18/h4-11,19H,3,12-15H2,1-2H3. The van der Waals surface area contributed by atoms with E-state index in [-0.39, 0.29) is 17.8 Å². The fraction of sp³-hybridized carbons (Fsp3) is 0.348. The van der Waals surface area contributed by atoms with Gasteiger partial charge in [0.1, 0.15) is 11.9 Å². The smallest absolute Gasteiger partial charge is 0.276 e. The number of carbonyl (C=O) groups is 1. The fourth-order valence-corrected chi connectivity index (χ4v) is 3.68. The van der Waals surface area contributed by atoms with Crippen molar-refractivity contribution in [3.8, 4) is 17.2 Å². The lowest BCUT2D eigenvalue weighted by Crippen LogP contribution is -2.42. The van der Waals surface area contributed by atoms with Gasteiger partial charge >= 0.3 is 0 Å². The van der Waals surface area contributed by atoms with Crippen molar-refractivity contribution in [3.63, 3.8) is 0 Å². The van der Waals surface area contributed by atoms with E-state index in [0.29, 0.717) is 36.8 Å². The lowest BCUT2D eigenvalue weighted by Gasteiger charge is -2.32. The van der Waals surface area contributed by atoms with Crippen LogP contribution in [0.15, 0.2) is 48.5 Å². The minimum absolute atomic E-state index is 0.0154. The maximum absolute atomic E-state index is 13.2. The average Bonchev–Trinajstić information content (AvgIpc) is 3.17. The first-order valence-corrected chi connectivity index (χ1v) is 10.4. The van der Waals surface area contributed by atoms with Gasteiger partial charge in [0.2, 0.25) is 0 Å². The Kier molecular flexibility index (Phi) is 6.16. The molecule has 31 heavy (non-hydrogen) atoms. The molecule has 7 nitrogen and oxygen atoms in total. The third-order valence-electron chi connectivity index (χ3n) is 5.34. The Morgan fingerprint density at radius 3 is 2.45 bits per heavy atom. The summed E-state index contributed by atoms with van der Waals surface area (Å²) in [5.74, 6) is 0.981. The molecule has 2 heterocycles. The van der Waals surface area contributed by atoms with Crippen LogP contribution >= 0.6 is 0 Å². The van der Waals surface area contributed by atoms with Crippen molar-refractivity contribution in [1.29, 1.82) is 0 Å². The number of ether oxygens (including phenoxy) is 2. The number of piperidine rings is 1. The Morgan fingerprint density at radius 2 is 1.77 bits per heavy atom. The van der Waals surface area contributed by atoms with Gasteiger partial charge in [-0.15, -0.1) is 5.10 Å². The van der Waals surface area contributed by atoms with Gasteiger partial charge in [0, 0.05) is 25.9 Å². The maximum atomic E-state index is 13.2. The van der Waals surface area contributed by atoms with Gasteiger partial charge in [-0.25, -0.2) is 9.07 Å². The fourth-order valence-electron chi connectivity index (χ4n) is 3.68. The average molecular weight is 424 g/mol. The first kappa shape index (κ1) is 20.8. The van der Waals surface area contributed by atoms with E-state index in [1.54, 1.807) is 28.6 Å². The highest BCUT2D eigenvalue weighted by atomic mass is 19.1. The number of hydrogen-bond acceptors (Lipinski definition) is 5. The van der Waals surface area contributed by atoms with Gasteiger partial charge in [-0.1, -0.05) is 17.3 Å². The van der Waals surface area contributed by atoms with Gasteiger partial charge in [0.15, 0.2) is 17.2 Å². The van der Waals surface area contributed by atoms with Crippen molar-refractivity contribution in [2.75, 3.05) is 19.7 Å². The van der Waals surface area contributed by atoms with E-state index in [4.69, 9.17) is 9.47 Å². The first-order chi connectivity index (χ1) is 15.1. The third-order valence-corrected chi connectivity index (χ3v) is 5.34. The first-order valence-electron chi connectivity index (χ1n) is 10.4. The van der Waals surface area contributed by atoms with Gasteiger partial charge in [-0.3, -0.25) is 4.79 Å². The molecule has 0 N–H and O–H groups in total. The quantitative estimate of drug-likeness (QED) is 0.602. The summed E-state index contributed by atoms with van der Waals surface area (Å²) in [7, 11) is 0. The summed E-state index contributed by atoms with van der Waals surface area (Å²) < 4.78 is 26.5. The number of nitrogens with zero attached hydrogens (tertiary/aromatic N) is 4. The molecule has 3 aromatic rings. The van der Waals surface area contributed by atoms with Crippen molar-refractivity contribution in [3.05, 3.63) is 65.7 Å². The molecule has 1 amide bonds. The summed E-state index contributed by atoms with van der Waals surface area (Å²) in [6.45, 7) is 5.45. The summed E-state index contributed by atoms with van der Waals surface area (Å²) in [6.07, 6.45) is 1.45. The lowest BCUT2D eigenvalue weighted by atomic mass is 10.1. The molecular formula is C23H25FN4O3. The predicted octanol–water partition coefficient (Wildman–Crippen LogP) is 3.80. The van der Waals surface area contributed by atoms with Gasteiger partial charge in [-0.2, -0.15) is 0 Å². The molecule has 4 rings (SSSR count). The number of para-hydroxylation sites is 2. The molecule has 0 spiro atoms. The van der Waals surface area contributed by atoms with Crippen LogP contribution in [0.3, 0.4) is 0 Å². The summed E-state index contributed by atoms with van der Waals surface area (Å²) in [4.78, 5) is 14.8. The zero-order chi connectivity index (χ0) is 21.8. The normalized spacial score (nSPS) is 14.5. The highest BCUT2D eigenvalue weighted by molar-refractivity contribution is 5.93. The van der Waals surface area contributed by atoms with E-state index < -0.39 is 0 Å². The van der Waals surface area contributed by atoms with Crippen LogP contribution in [-0.2, 0) is 0 Å².